The standard InChI is InChI=1S/C28H26N4O2/c1-18-16-32(17-19(2)34-18)23-11-7-21(8-12-23)25-15-31-27-24(13-30-14-26(27)28(25)33-4)20-5-9-22(29-3)10-6-20/h5-15,18-19H,16-17H2,1-2,4H3/t18-,19+. The third-order valence-corrected chi connectivity index (χ3v) is 6.20. The number of hydrogen-bond acceptors (Lipinski definition) is 5. The van der Waals surface area contributed by atoms with Gasteiger partial charge >= 0.3 is 0 Å². The number of benzene rings is 2. The van der Waals surface area contributed by atoms with E-state index >= 15 is 0 Å². The van der Waals surface area contributed by atoms with Crippen LogP contribution in [-0.4, -0.2) is 42.4 Å². The highest BCUT2D eigenvalue weighted by molar-refractivity contribution is 5.99. The van der Waals surface area contributed by atoms with Gasteiger partial charge in [-0.15, -0.1) is 0 Å². The van der Waals surface area contributed by atoms with Crippen LogP contribution in [0.15, 0.2) is 67.1 Å². The normalized spacial score (nSPS) is 18.0. The van der Waals surface area contributed by atoms with Crippen LogP contribution in [-0.2, 0) is 4.74 Å². The van der Waals surface area contributed by atoms with Crippen molar-refractivity contribution < 1.29 is 9.47 Å². The zero-order chi connectivity index (χ0) is 23.7. The summed E-state index contributed by atoms with van der Waals surface area (Å²) in [4.78, 5) is 15.1. The van der Waals surface area contributed by atoms with Gasteiger partial charge in [0.15, 0.2) is 5.69 Å². The summed E-state index contributed by atoms with van der Waals surface area (Å²) in [6, 6.07) is 16.0. The lowest BCUT2D eigenvalue weighted by molar-refractivity contribution is -0.00521. The number of nitrogens with zero attached hydrogens (tertiary/aromatic N) is 4. The van der Waals surface area contributed by atoms with Gasteiger partial charge in [0.1, 0.15) is 5.75 Å². The predicted molar refractivity (Wildman–Crippen MR) is 135 cm³/mol. The molecule has 1 aliphatic heterocycles. The first-order valence-corrected chi connectivity index (χ1v) is 11.4. The largest absolute Gasteiger partial charge is 0.495 e. The summed E-state index contributed by atoms with van der Waals surface area (Å²) in [5, 5.41) is 0.853. The van der Waals surface area contributed by atoms with E-state index in [1.54, 1.807) is 19.5 Å². The Hall–Kier alpha value is -3.95. The molecule has 1 fully saturated rings. The number of anilines is 1. The van der Waals surface area contributed by atoms with E-state index in [9.17, 15) is 0 Å². The van der Waals surface area contributed by atoms with Crippen LogP contribution in [0.25, 0.3) is 38.0 Å². The van der Waals surface area contributed by atoms with E-state index in [0.29, 0.717) is 5.69 Å². The fourth-order valence-corrected chi connectivity index (χ4v) is 4.68. The minimum Gasteiger partial charge on any atom is -0.495 e. The van der Waals surface area contributed by atoms with Gasteiger partial charge in [0.05, 0.1) is 36.8 Å². The van der Waals surface area contributed by atoms with Crippen LogP contribution in [0, 0.1) is 6.57 Å². The van der Waals surface area contributed by atoms with Crippen LogP contribution in [0.3, 0.4) is 0 Å². The van der Waals surface area contributed by atoms with Gasteiger partial charge in [-0.25, -0.2) is 4.85 Å². The van der Waals surface area contributed by atoms with Crippen molar-refractivity contribution in [2.45, 2.75) is 26.1 Å². The molecule has 0 saturated carbocycles. The zero-order valence-electron chi connectivity index (χ0n) is 19.5. The molecule has 2 aromatic carbocycles. The number of ether oxygens (including phenoxy) is 2. The fraction of sp³-hybridized carbons (Fsp3) is 0.250. The summed E-state index contributed by atoms with van der Waals surface area (Å²) in [5.41, 5.74) is 6.44. The summed E-state index contributed by atoms with van der Waals surface area (Å²) in [5.74, 6) is 0.749. The van der Waals surface area contributed by atoms with E-state index in [-0.39, 0.29) is 12.2 Å². The number of aromatic nitrogens is 2. The molecular weight excluding hydrogens is 424 g/mol. The van der Waals surface area contributed by atoms with Crippen molar-refractivity contribution in [1.82, 2.24) is 9.97 Å². The highest BCUT2D eigenvalue weighted by Crippen LogP contribution is 2.39. The smallest absolute Gasteiger partial charge is 0.187 e. The molecule has 0 amide bonds. The first-order chi connectivity index (χ1) is 16.6. The lowest BCUT2D eigenvalue weighted by atomic mass is 10.00. The van der Waals surface area contributed by atoms with Crippen LogP contribution in [0.4, 0.5) is 11.4 Å². The summed E-state index contributed by atoms with van der Waals surface area (Å²) >= 11 is 0. The first kappa shape index (κ1) is 21.9. The number of pyridine rings is 2. The molecule has 6 heteroatoms. The molecule has 0 aliphatic carbocycles. The summed E-state index contributed by atoms with van der Waals surface area (Å²) in [7, 11) is 1.68. The Morgan fingerprint density at radius 3 is 2.21 bits per heavy atom. The molecule has 0 bridgehead atoms. The number of methoxy groups -OCH3 is 1. The quantitative estimate of drug-likeness (QED) is 0.350. The summed E-state index contributed by atoms with van der Waals surface area (Å²) < 4.78 is 11.7. The average Bonchev–Trinajstić information content (AvgIpc) is 2.87. The van der Waals surface area contributed by atoms with Crippen molar-refractivity contribution in [2.24, 2.45) is 0 Å². The highest BCUT2D eigenvalue weighted by Gasteiger charge is 2.22. The number of rotatable bonds is 4. The summed E-state index contributed by atoms with van der Waals surface area (Å²) in [6.07, 6.45) is 5.90. The van der Waals surface area contributed by atoms with Crippen LogP contribution in [0.1, 0.15) is 13.8 Å². The second-order valence-corrected chi connectivity index (χ2v) is 8.66. The molecule has 6 nitrogen and oxygen atoms in total. The minimum atomic E-state index is 0.215. The maximum Gasteiger partial charge on any atom is 0.187 e. The molecular formula is C28H26N4O2. The molecule has 0 N–H and O–H groups in total. The van der Waals surface area contributed by atoms with Gasteiger partial charge in [-0.1, -0.05) is 36.4 Å². The first-order valence-electron chi connectivity index (χ1n) is 11.4. The van der Waals surface area contributed by atoms with E-state index in [2.05, 4.69) is 52.8 Å². The molecule has 0 unspecified atom stereocenters. The lowest BCUT2D eigenvalue weighted by Crippen LogP contribution is -2.45. The highest BCUT2D eigenvalue weighted by atomic mass is 16.5. The van der Waals surface area contributed by atoms with Gasteiger partial charge in [-0.3, -0.25) is 9.97 Å². The lowest BCUT2D eigenvalue weighted by Gasteiger charge is -2.36. The zero-order valence-corrected chi connectivity index (χ0v) is 19.5. The average molecular weight is 451 g/mol. The molecule has 2 atom stereocenters. The molecule has 0 spiro atoms. The van der Waals surface area contributed by atoms with Crippen molar-refractivity contribution in [3.05, 3.63) is 78.5 Å². The Balaban J connectivity index is 1.52. The van der Waals surface area contributed by atoms with Crippen LogP contribution in [0.2, 0.25) is 0 Å². The Morgan fingerprint density at radius 2 is 1.56 bits per heavy atom. The van der Waals surface area contributed by atoms with Crippen LogP contribution >= 0.6 is 0 Å². The van der Waals surface area contributed by atoms with Crippen LogP contribution < -0.4 is 9.64 Å². The monoisotopic (exact) mass is 450 g/mol. The Morgan fingerprint density at radius 1 is 0.912 bits per heavy atom. The van der Waals surface area contributed by atoms with Gasteiger partial charge in [0, 0.05) is 48.5 Å². The minimum absolute atomic E-state index is 0.215. The molecule has 3 heterocycles. The molecule has 170 valence electrons. The third-order valence-electron chi connectivity index (χ3n) is 6.20. The Labute approximate surface area is 199 Å². The van der Waals surface area contributed by atoms with E-state index in [4.69, 9.17) is 21.0 Å². The molecule has 5 rings (SSSR count). The Bertz CT molecular complexity index is 1350. The topological polar surface area (TPSA) is 51.8 Å². The van der Waals surface area contributed by atoms with E-state index in [0.717, 1.165) is 52.0 Å². The van der Waals surface area contributed by atoms with Crippen molar-refractivity contribution in [3.8, 4) is 28.0 Å². The van der Waals surface area contributed by atoms with Gasteiger partial charge in [-0.05, 0) is 37.1 Å². The predicted octanol–water partition coefficient (Wildman–Crippen LogP) is 6.14. The second-order valence-electron chi connectivity index (χ2n) is 8.66. The van der Waals surface area contributed by atoms with Crippen molar-refractivity contribution >= 4 is 22.3 Å². The third kappa shape index (κ3) is 4.07. The maximum atomic E-state index is 7.17. The second kappa shape index (κ2) is 9.12. The molecule has 1 saturated heterocycles. The molecule has 1 aliphatic rings. The molecule has 2 aromatic heterocycles. The number of morpholine rings is 1. The van der Waals surface area contributed by atoms with Gasteiger partial charge in [0.25, 0.3) is 0 Å². The SMILES string of the molecule is [C-]#[N+]c1ccc(-c2cncc3c(OC)c(-c4ccc(N5C[C@@H](C)O[C@@H](C)C5)cc4)cnc23)cc1. The van der Waals surface area contributed by atoms with Crippen molar-refractivity contribution in [3.63, 3.8) is 0 Å². The number of hydrogen-bond donors (Lipinski definition) is 0. The van der Waals surface area contributed by atoms with Gasteiger partial charge in [0.2, 0.25) is 0 Å². The van der Waals surface area contributed by atoms with E-state index in [1.165, 1.54) is 5.69 Å². The molecule has 34 heavy (non-hydrogen) atoms. The maximum absolute atomic E-state index is 7.17. The van der Waals surface area contributed by atoms with Crippen molar-refractivity contribution in [1.29, 1.82) is 0 Å². The van der Waals surface area contributed by atoms with Crippen molar-refractivity contribution in [2.75, 3.05) is 25.1 Å². The molecule has 4 aromatic rings. The molecule has 0 radical (unpaired) electrons. The van der Waals surface area contributed by atoms with Crippen LogP contribution in [0.5, 0.6) is 5.75 Å². The Kier molecular flexibility index (Phi) is 5.87. The van der Waals surface area contributed by atoms with E-state index < -0.39 is 0 Å². The van der Waals surface area contributed by atoms with E-state index in [1.807, 2.05) is 30.5 Å². The van der Waals surface area contributed by atoms with Gasteiger partial charge in [-0.2, -0.15) is 0 Å². The summed E-state index contributed by atoms with van der Waals surface area (Å²) in [6.45, 7) is 13.2. The number of fused-ring (bicyclic) bond motifs is 1. The van der Waals surface area contributed by atoms with Gasteiger partial charge < -0.3 is 14.4 Å². The fourth-order valence-electron chi connectivity index (χ4n) is 4.68.